The molecule has 0 unspecified atom stereocenters. The number of hydrogen-bond donors (Lipinski definition) is 1. The predicted octanol–water partition coefficient (Wildman–Crippen LogP) is 3.40. The van der Waals surface area contributed by atoms with E-state index in [-0.39, 0.29) is 6.10 Å². The SMILES string of the molecule is O[C@@H]1CN(CC2CC2)CC[C@H]1c1ccc2ccccc2c1. The Kier molecular flexibility index (Phi) is 3.44. The van der Waals surface area contributed by atoms with Gasteiger partial charge in [0.2, 0.25) is 0 Å². The Morgan fingerprint density at radius 3 is 2.57 bits per heavy atom. The number of piperidine rings is 1. The fourth-order valence-electron chi connectivity index (χ4n) is 3.66. The van der Waals surface area contributed by atoms with Gasteiger partial charge in [-0.15, -0.1) is 0 Å². The fraction of sp³-hybridized carbons (Fsp3) is 0.474. The third kappa shape index (κ3) is 2.83. The van der Waals surface area contributed by atoms with E-state index in [0.717, 1.165) is 25.4 Å². The molecule has 4 rings (SSSR count). The van der Waals surface area contributed by atoms with Crippen molar-refractivity contribution in [3.8, 4) is 0 Å². The number of β-amino-alcohol motifs (C(OH)–C–C–N with tert-alkyl or cyclic N) is 1. The van der Waals surface area contributed by atoms with Gasteiger partial charge in [-0.05, 0) is 48.1 Å². The molecular formula is C19H23NO. The Balaban J connectivity index is 1.51. The van der Waals surface area contributed by atoms with E-state index in [1.54, 1.807) is 0 Å². The topological polar surface area (TPSA) is 23.5 Å². The smallest absolute Gasteiger partial charge is 0.0735 e. The normalized spacial score (nSPS) is 27.1. The lowest BCUT2D eigenvalue weighted by Crippen LogP contribution is -2.43. The first-order chi connectivity index (χ1) is 10.3. The molecule has 2 nitrogen and oxygen atoms in total. The molecule has 2 heteroatoms. The number of rotatable bonds is 3. The monoisotopic (exact) mass is 281 g/mol. The van der Waals surface area contributed by atoms with Crippen molar-refractivity contribution in [2.24, 2.45) is 5.92 Å². The van der Waals surface area contributed by atoms with Crippen LogP contribution in [0.25, 0.3) is 10.8 Å². The zero-order valence-corrected chi connectivity index (χ0v) is 12.4. The lowest BCUT2D eigenvalue weighted by atomic mass is 9.86. The second-order valence-electron chi connectivity index (χ2n) is 6.77. The molecule has 0 amide bonds. The molecule has 2 aliphatic rings. The van der Waals surface area contributed by atoms with E-state index in [2.05, 4.69) is 47.4 Å². The molecule has 2 aromatic rings. The highest BCUT2D eigenvalue weighted by molar-refractivity contribution is 5.83. The Labute approximate surface area is 126 Å². The van der Waals surface area contributed by atoms with Crippen molar-refractivity contribution in [1.82, 2.24) is 4.90 Å². The van der Waals surface area contributed by atoms with Crippen LogP contribution in [0.1, 0.15) is 30.7 Å². The Morgan fingerprint density at radius 1 is 1.00 bits per heavy atom. The van der Waals surface area contributed by atoms with Gasteiger partial charge in [0.1, 0.15) is 0 Å². The van der Waals surface area contributed by atoms with Crippen molar-refractivity contribution in [1.29, 1.82) is 0 Å². The minimum atomic E-state index is -0.223. The van der Waals surface area contributed by atoms with Crippen molar-refractivity contribution in [3.05, 3.63) is 48.0 Å². The van der Waals surface area contributed by atoms with Gasteiger partial charge in [-0.25, -0.2) is 0 Å². The molecule has 1 saturated heterocycles. The summed E-state index contributed by atoms with van der Waals surface area (Å²) in [5, 5.41) is 13.1. The third-order valence-electron chi connectivity index (χ3n) is 5.08. The standard InChI is InChI=1S/C19H23NO/c21-19-13-20(12-14-5-6-14)10-9-18(19)17-8-7-15-3-1-2-4-16(15)11-17/h1-4,7-8,11,14,18-19,21H,5-6,9-10,12-13H2/t18-,19+/m0/s1. The molecule has 21 heavy (non-hydrogen) atoms. The fourth-order valence-corrected chi connectivity index (χ4v) is 3.66. The first kappa shape index (κ1) is 13.3. The molecule has 0 aromatic heterocycles. The quantitative estimate of drug-likeness (QED) is 0.932. The van der Waals surface area contributed by atoms with E-state index in [9.17, 15) is 5.11 Å². The summed E-state index contributed by atoms with van der Waals surface area (Å²) in [5.74, 6) is 1.21. The number of aliphatic hydroxyl groups excluding tert-OH is 1. The Hall–Kier alpha value is -1.38. The molecular weight excluding hydrogens is 258 g/mol. The molecule has 1 aliphatic heterocycles. The summed E-state index contributed by atoms with van der Waals surface area (Å²) in [5.41, 5.74) is 1.30. The van der Waals surface area contributed by atoms with Crippen LogP contribution in [0, 0.1) is 5.92 Å². The Morgan fingerprint density at radius 2 is 1.81 bits per heavy atom. The first-order valence-corrected chi connectivity index (χ1v) is 8.19. The van der Waals surface area contributed by atoms with Gasteiger partial charge in [0.15, 0.2) is 0 Å². The molecule has 110 valence electrons. The van der Waals surface area contributed by atoms with Crippen LogP contribution in [-0.2, 0) is 0 Å². The molecule has 1 N–H and O–H groups in total. The second-order valence-corrected chi connectivity index (χ2v) is 6.77. The van der Waals surface area contributed by atoms with Crippen LogP contribution in [0.2, 0.25) is 0 Å². The van der Waals surface area contributed by atoms with Crippen molar-refractivity contribution < 1.29 is 5.11 Å². The molecule has 1 heterocycles. The molecule has 0 bridgehead atoms. The molecule has 1 saturated carbocycles. The van der Waals surface area contributed by atoms with Gasteiger partial charge < -0.3 is 10.0 Å². The van der Waals surface area contributed by atoms with Crippen molar-refractivity contribution >= 4 is 10.8 Å². The number of benzene rings is 2. The van der Waals surface area contributed by atoms with E-state index < -0.39 is 0 Å². The summed E-state index contributed by atoms with van der Waals surface area (Å²) in [7, 11) is 0. The van der Waals surface area contributed by atoms with E-state index in [4.69, 9.17) is 0 Å². The van der Waals surface area contributed by atoms with Gasteiger partial charge in [0.05, 0.1) is 6.10 Å². The van der Waals surface area contributed by atoms with E-state index in [0.29, 0.717) is 5.92 Å². The largest absolute Gasteiger partial charge is 0.391 e. The van der Waals surface area contributed by atoms with Crippen LogP contribution in [-0.4, -0.2) is 35.7 Å². The second kappa shape index (κ2) is 5.43. The lowest BCUT2D eigenvalue weighted by molar-refractivity contribution is 0.0492. The average molecular weight is 281 g/mol. The molecule has 1 aliphatic carbocycles. The highest BCUT2D eigenvalue weighted by atomic mass is 16.3. The summed E-state index contributed by atoms with van der Waals surface area (Å²) < 4.78 is 0. The van der Waals surface area contributed by atoms with Gasteiger partial charge in [0, 0.05) is 19.0 Å². The number of aliphatic hydroxyl groups is 1. The van der Waals surface area contributed by atoms with Gasteiger partial charge in [0.25, 0.3) is 0 Å². The Bertz CT molecular complexity index is 634. The van der Waals surface area contributed by atoms with Crippen LogP contribution in [0.15, 0.2) is 42.5 Å². The zero-order valence-electron chi connectivity index (χ0n) is 12.4. The van der Waals surface area contributed by atoms with Gasteiger partial charge in [-0.2, -0.15) is 0 Å². The summed E-state index contributed by atoms with van der Waals surface area (Å²) in [6.07, 6.45) is 3.63. The van der Waals surface area contributed by atoms with Gasteiger partial charge in [-0.1, -0.05) is 42.5 Å². The van der Waals surface area contributed by atoms with Crippen molar-refractivity contribution in [2.75, 3.05) is 19.6 Å². The van der Waals surface area contributed by atoms with E-state index >= 15 is 0 Å². The summed E-state index contributed by atoms with van der Waals surface area (Å²) >= 11 is 0. The van der Waals surface area contributed by atoms with Crippen molar-refractivity contribution in [3.63, 3.8) is 0 Å². The zero-order chi connectivity index (χ0) is 14.2. The predicted molar refractivity (Wildman–Crippen MR) is 86.5 cm³/mol. The minimum Gasteiger partial charge on any atom is -0.391 e. The van der Waals surface area contributed by atoms with Crippen LogP contribution in [0.3, 0.4) is 0 Å². The van der Waals surface area contributed by atoms with E-state index in [1.807, 2.05) is 0 Å². The molecule has 2 aromatic carbocycles. The minimum absolute atomic E-state index is 0.223. The van der Waals surface area contributed by atoms with Gasteiger partial charge >= 0.3 is 0 Å². The molecule has 0 spiro atoms. The molecule has 2 fully saturated rings. The van der Waals surface area contributed by atoms with E-state index in [1.165, 1.54) is 35.7 Å². The maximum atomic E-state index is 10.6. The van der Waals surface area contributed by atoms with Crippen molar-refractivity contribution in [2.45, 2.75) is 31.3 Å². The van der Waals surface area contributed by atoms with Crippen LogP contribution < -0.4 is 0 Å². The van der Waals surface area contributed by atoms with Gasteiger partial charge in [-0.3, -0.25) is 0 Å². The van der Waals surface area contributed by atoms with Crippen LogP contribution in [0.4, 0.5) is 0 Å². The third-order valence-corrected chi connectivity index (χ3v) is 5.08. The number of nitrogens with zero attached hydrogens (tertiary/aromatic N) is 1. The highest BCUT2D eigenvalue weighted by Crippen LogP contribution is 2.34. The highest BCUT2D eigenvalue weighted by Gasteiger charge is 2.32. The summed E-state index contributed by atoms with van der Waals surface area (Å²) in [6.45, 7) is 3.17. The summed E-state index contributed by atoms with van der Waals surface area (Å²) in [4.78, 5) is 2.46. The van der Waals surface area contributed by atoms with Crippen LogP contribution >= 0.6 is 0 Å². The number of likely N-dealkylation sites (tertiary alicyclic amines) is 1. The maximum Gasteiger partial charge on any atom is 0.0735 e. The van der Waals surface area contributed by atoms with Crippen LogP contribution in [0.5, 0.6) is 0 Å². The summed E-state index contributed by atoms with van der Waals surface area (Å²) in [6, 6.07) is 15.1. The lowest BCUT2D eigenvalue weighted by Gasteiger charge is -2.36. The molecule has 0 radical (unpaired) electrons. The maximum absolute atomic E-state index is 10.6. The first-order valence-electron chi connectivity index (χ1n) is 8.19. The molecule has 2 atom stereocenters. The average Bonchev–Trinajstić information content (AvgIpc) is 3.31. The number of fused-ring (bicyclic) bond motifs is 1. The number of hydrogen-bond acceptors (Lipinski definition) is 2.